The zero-order chi connectivity index (χ0) is 12.4. The van der Waals surface area contributed by atoms with E-state index < -0.39 is 0 Å². The first-order valence-corrected chi connectivity index (χ1v) is 8.24. The quantitative estimate of drug-likeness (QED) is 0.712. The van der Waals surface area contributed by atoms with Gasteiger partial charge in [0.15, 0.2) is 0 Å². The third-order valence-corrected chi connectivity index (χ3v) is 5.52. The number of rotatable bonds is 2. The van der Waals surface area contributed by atoms with Crippen molar-refractivity contribution in [3.05, 3.63) is 0 Å². The van der Waals surface area contributed by atoms with Gasteiger partial charge < -0.3 is 9.64 Å². The Bertz CT molecular complexity index is 270. The van der Waals surface area contributed by atoms with Crippen molar-refractivity contribution in [1.29, 1.82) is 0 Å². The highest BCUT2D eigenvalue weighted by Crippen LogP contribution is 2.42. The van der Waals surface area contributed by atoms with Crippen LogP contribution < -0.4 is 0 Å². The zero-order valence-corrected chi connectivity index (χ0v) is 12.1. The molecule has 3 rings (SSSR count). The van der Waals surface area contributed by atoms with Gasteiger partial charge in [0.05, 0.1) is 11.7 Å². The minimum atomic E-state index is 0.285. The lowest BCUT2D eigenvalue weighted by Crippen LogP contribution is -2.40. The van der Waals surface area contributed by atoms with Crippen LogP contribution in [0.2, 0.25) is 0 Å². The summed E-state index contributed by atoms with van der Waals surface area (Å²) in [6.07, 6.45) is 12.2. The highest BCUT2D eigenvalue weighted by Gasteiger charge is 2.41. The molecule has 18 heavy (non-hydrogen) atoms. The number of likely N-dealkylation sites (tertiary alicyclic amines) is 1. The Balaban J connectivity index is 1.47. The molecule has 1 aliphatic carbocycles. The van der Waals surface area contributed by atoms with Crippen LogP contribution in [0, 0.1) is 0 Å². The molecule has 2 aliphatic heterocycles. The summed E-state index contributed by atoms with van der Waals surface area (Å²) in [6, 6.07) is 0. The smallest absolute Gasteiger partial charge is 0.0710 e. The molecule has 0 radical (unpaired) electrons. The van der Waals surface area contributed by atoms with E-state index >= 15 is 0 Å². The van der Waals surface area contributed by atoms with Crippen molar-refractivity contribution in [2.24, 2.45) is 0 Å². The summed E-state index contributed by atoms with van der Waals surface area (Å²) in [4.78, 5) is 2.56. The zero-order valence-electron chi connectivity index (χ0n) is 11.4. The van der Waals surface area contributed by atoms with E-state index in [1.54, 1.807) is 0 Å². The van der Waals surface area contributed by atoms with Crippen LogP contribution in [0.3, 0.4) is 0 Å². The molecule has 3 fully saturated rings. The third kappa shape index (κ3) is 3.02. The van der Waals surface area contributed by atoms with E-state index in [1.807, 2.05) is 0 Å². The normalized spacial score (nSPS) is 34.2. The molecule has 3 heteroatoms. The van der Waals surface area contributed by atoms with Crippen molar-refractivity contribution in [1.82, 2.24) is 4.90 Å². The summed E-state index contributed by atoms with van der Waals surface area (Å²) in [7, 11) is 0. The van der Waals surface area contributed by atoms with Gasteiger partial charge >= 0.3 is 0 Å². The monoisotopic (exact) mass is 271 g/mol. The summed E-state index contributed by atoms with van der Waals surface area (Å²) in [6.45, 7) is 3.48. The SMILES string of the molecule is ClC1CCN(CC2CCC3(CCCCC3)O2)CC1. The summed E-state index contributed by atoms with van der Waals surface area (Å²) in [5.74, 6) is 0. The molecular weight excluding hydrogens is 246 g/mol. The minimum Gasteiger partial charge on any atom is -0.370 e. The molecule has 2 nitrogen and oxygen atoms in total. The van der Waals surface area contributed by atoms with Crippen molar-refractivity contribution in [2.45, 2.75) is 74.9 Å². The Morgan fingerprint density at radius 2 is 1.72 bits per heavy atom. The van der Waals surface area contributed by atoms with Crippen LogP contribution in [0.4, 0.5) is 0 Å². The molecule has 0 aromatic heterocycles. The maximum absolute atomic E-state index is 6.44. The Morgan fingerprint density at radius 1 is 1.00 bits per heavy atom. The number of nitrogens with zero attached hydrogens (tertiary/aromatic N) is 1. The molecule has 104 valence electrons. The second kappa shape index (κ2) is 5.68. The largest absolute Gasteiger partial charge is 0.370 e. The van der Waals surface area contributed by atoms with E-state index in [0.717, 1.165) is 19.4 Å². The molecule has 0 aromatic rings. The first-order valence-electron chi connectivity index (χ1n) is 7.80. The molecule has 1 saturated carbocycles. The number of hydrogen-bond acceptors (Lipinski definition) is 2. The molecule has 2 heterocycles. The fraction of sp³-hybridized carbons (Fsp3) is 1.00. The molecule has 3 aliphatic rings. The molecule has 0 aromatic carbocycles. The predicted molar refractivity (Wildman–Crippen MR) is 75.2 cm³/mol. The standard InChI is InChI=1S/C15H26ClNO/c16-13-5-10-17(11-6-13)12-14-4-9-15(18-14)7-2-1-3-8-15/h13-14H,1-12H2. The van der Waals surface area contributed by atoms with Crippen molar-refractivity contribution in [2.75, 3.05) is 19.6 Å². The number of alkyl halides is 1. The Morgan fingerprint density at radius 3 is 2.44 bits per heavy atom. The fourth-order valence-corrected chi connectivity index (χ4v) is 4.16. The van der Waals surface area contributed by atoms with Crippen LogP contribution in [0.1, 0.15) is 57.8 Å². The van der Waals surface area contributed by atoms with Gasteiger partial charge in [-0.25, -0.2) is 0 Å². The van der Waals surface area contributed by atoms with Gasteiger partial charge in [-0.1, -0.05) is 19.3 Å². The topological polar surface area (TPSA) is 12.5 Å². The summed E-state index contributed by atoms with van der Waals surface area (Å²) in [5, 5.41) is 0.412. The second-order valence-corrected chi connectivity index (χ2v) is 7.11. The Hall–Kier alpha value is 0.210. The van der Waals surface area contributed by atoms with E-state index in [9.17, 15) is 0 Å². The van der Waals surface area contributed by atoms with E-state index in [2.05, 4.69) is 4.90 Å². The first-order chi connectivity index (χ1) is 8.76. The van der Waals surface area contributed by atoms with Gasteiger partial charge in [-0.2, -0.15) is 0 Å². The fourth-order valence-electron chi connectivity index (χ4n) is 3.96. The summed E-state index contributed by atoms with van der Waals surface area (Å²) in [5.41, 5.74) is 0.285. The Labute approximate surface area is 116 Å². The van der Waals surface area contributed by atoms with E-state index in [0.29, 0.717) is 11.5 Å². The van der Waals surface area contributed by atoms with Gasteiger partial charge in [0.2, 0.25) is 0 Å². The van der Waals surface area contributed by atoms with Crippen LogP contribution in [0.5, 0.6) is 0 Å². The number of halogens is 1. The van der Waals surface area contributed by atoms with Crippen LogP contribution >= 0.6 is 11.6 Å². The lowest BCUT2D eigenvalue weighted by atomic mass is 9.83. The molecule has 1 spiro atoms. The average Bonchev–Trinajstić information content (AvgIpc) is 2.76. The average molecular weight is 272 g/mol. The second-order valence-electron chi connectivity index (χ2n) is 6.50. The van der Waals surface area contributed by atoms with E-state index in [1.165, 1.54) is 58.0 Å². The van der Waals surface area contributed by atoms with E-state index in [-0.39, 0.29) is 5.60 Å². The van der Waals surface area contributed by atoms with Crippen LogP contribution in [-0.2, 0) is 4.74 Å². The lowest BCUT2D eigenvalue weighted by molar-refractivity contribution is -0.0727. The first kappa shape index (κ1) is 13.2. The van der Waals surface area contributed by atoms with Crippen molar-refractivity contribution in [3.8, 4) is 0 Å². The van der Waals surface area contributed by atoms with Crippen LogP contribution in [-0.4, -0.2) is 41.6 Å². The highest BCUT2D eigenvalue weighted by atomic mass is 35.5. The molecule has 1 unspecified atom stereocenters. The molecule has 0 N–H and O–H groups in total. The molecular formula is C15H26ClNO. The minimum absolute atomic E-state index is 0.285. The lowest BCUT2D eigenvalue weighted by Gasteiger charge is -2.35. The Kier molecular flexibility index (Phi) is 4.17. The van der Waals surface area contributed by atoms with Crippen LogP contribution in [0.25, 0.3) is 0 Å². The summed E-state index contributed by atoms with van der Waals surface area (Å²) >= 11 is 6.16. The van der Waals surface area contributed by atoms with Crippen LogP contribution in [0.15, 0.2) is 0 Å². The van der Waals surface area contributed by atoms with Gasteiger partial charge in [0.25, 0.3) is 0 Å². The van der Waals surface area contributed by atoms with Gasteiger partial charge in [0.1, 0.15) is 0 Å². The van der Waals surface area contributed by atoms with E-state index in [4.69, 9.17) is 16.3 Å². The number of piperidine rings is 1. The van der Waals surface area contributed by atoms with Gasteiger partial charge in [-0.05, 0) is 51.6 Å². The van der Waals surface area contributed by atoms with Gasteiger partial charge in [-0.3, -0.25) is 0 Å². The summed E-state index contributed by atoms with van der Waals surface area (Å²) < 4.78 is 6.44. The van der Waals surface area contributed by atoms with Gasteiger partial charge in [-0.15, -0.1) is 11.6 Å². The van der Waals surface area contributed by atoms with Crippen molar-refractivity contribution in [3.63, 3.8) is 0 Å². The predicted octanol–water partition coefficient (Wildman–Crippen LogP) is 3.57. The van der Waals surface area contributed by atoms with Gasteiger partial charge in [0, 0.05) is 11.9 Å². The highest BCUT2D eigenvalue weighted by molar-refractivity contribution is 6.20. The maximum Gasteiger partial charge on any atom is 0.0710 e. The molecule has 1 atom stereocenters. The molecule has 0 amide bonds. The van der Waals surface area contributed by atoms with Crippen molar-refractivity contribution < 1.29 is 4.74 Å². The van der Waals surface area contributed by atoms with Crippen molar-refractivity contribution >= 4 is 11.6 Å². The maximum atomic E-state index is 6.44. The molecule has 2 saturated heterocycles. The number of hydrogen-bond donors (Lipinski definition) is 0. The molecule has 0 bridgehead atoms. The number of ether oxygens (including phenoxy) is 1. The third-order valence-electron chi connectivity index (χ3n) is 5.08.